The number of ether oxygens (including phenoxy) is 1. The van der Waals surface area contributed by atoms with E-state index in [9.17, 15) is 22.8 Å². The highest BCUT2D eigenvalue weighted by atomic mass is 35.5. The lowest BCUT2D eigenvalue weighted by Gasteiger charge is -2.21. The first-order valence-corrected chi connectivity index (χ1v) is 9.05. The molecule has 1 N–H and O–H groups in total. The summed E-state index contributed by atoms with van der Waals surface area (Å²) in [6.07, 6.45) is -3.41. The van der Waals surface area contributed by atoms with Crippen LogP contribution in [-0.2, 0) is 4.79 Å². The minimum Gasteiger partial charge on any atom is -0.468 e. The Morgan fingerprint density at radius 2 is 1.83 bits per heavy atom. The molecule has 6 nitrogen and oxygen atoms in total. The highest BCUT2D eigenvalue weighted by Gasteiger charge is 2.28. The monoisotopic (exact) mass is 449 g/mol. The van der Waals surface area contributed by atoms with Gasteiger partial charge in [-0.05, 0) is 25.1 Å². The lowest BCUT2D eigenvalue weighted by atomic mass is 10.2. The number of nitrogens with zero attached hydrogens (tertiary/aromatic N) is 2. The van der Waals surface area contributed by atoms with E-state index in [0.717, 1.165) is 12.3 Å². The van der Waals surface area contributed by atoms with E-state index in [2.05, 4.69) is 15.0 Å². The topological polar surface area (TPSA) is 71.5 Å². The molecule has 156 valence electrons. The summed E-state index contributed by atoms with van der Waals surface area (Å²) in [6.45, 7) is 0.0963. The van der Waals surface area contributed by atoms with Gasteiger partial charge in [0.05, 0.1) is 21.3 Å². The van der Waals surface area contributed by atoms with E-state index < -0.39 is 24.6 Å². The molecule has 0 aliphatic rings. The molecule has 29 heavy (non-hydrogen) atoms. The van der Waals surface area contributed by atoms with Gasteiger partial charge < -0.3 is 15.0 Å². The second-order valence-electron chi connectivity index (χ2n) is 5.75. The minimum absolute atomic E-state index is 0.0924. The van der Waals surface area contributed by atoms with Crippen LogP contribution < -0.4 is 10.1 Å². The Morgan fingerprint density at radius 3 is 2.34 bits per heavy atom. The minimum atomic E-state index is -4.49. The first-order valence-electron chi connectivity index (χ1n) is 8.29. The summed E-state index contributed by atoms with van der Waals surface area (Å²) < 4.78 is 41.0. The van der Waals surface area contributed by atoms with Gasteiger partial charge in [0.2, 0.25) is 11.8 Å². The van der Waals surface area contributed by atoms with Crippen LogP contribution in [0.2, 0.25) is 10.0 Å². The lowest BCUT2D eigenvalue weighted by molar-refractivity contribution is -0.154. The van der Waals surface area contributed by atoms with Crippen molar-refractivity contribution in [2.24, 2.45) is 0 Å². The number of anilines is 1. The Hall–Kier alpha value is -2.52. The molecule has 1 aromatic carbocycles. The SMILES string of the molecule is CCN(CC(=O)Nc1c(Cl)cccc1Cl)C(=O)c1ccc(OCC(F)(F)F)nc1. The third kappa shape index (κ3) is 6.79. The predicted molar refractivity (Wildman–Crippen MR) is 102 cm³/mol. The molecule has 0 unspecified atom stereocenters. The molecule has 2 amide bonds. The number of carbonyl (C=O) groups is 2. The molecule has 11 heteroatoms. The molecule has 1 heterocycles. The number of benzene rings is 1. The average molecular weight is 450 g/mol. The van der Waals surface area contributed by atoms with Crippen molar-refractivity contribution in [3.63, 3.8) is 0 Å². The summed E-state index contributed by atoms with van der Waals surface area (Å²) in [7, 11) is 0. The van der Waals surface area contributed by atoms with E-state index in [-0.39, 0.29) is 40.3 Å². The summed E-state index contributed by atoms with van der Waals surface area (Å²) >= 11 is 12.0. The first kappa shape index (κ1) is 22.8. The van der Waals surface area contributed by atoms with Gasteiger partial charge in [0.1, 0.15) is 6.54 Å². The summed E-state index contributed by atoms with van der Waals surface area (Å²) in [4.78, 5) is 29.8. The number of halogens is 5. The fourth-order valence-electron chi connectivity index (χ4n) is 2.23. The number of aromatic nitrogens is 1. The Bertz CT molecular complexity index is 857. The molecule has 0 atom stereocenters. The number of rotatable bonds is 7. The average Bonchev–Trinajstić information content (AvgIpc) is 2.67. The van der Waals surface area contributed by atoms with E-state index in [0.29, 0.717) is 0 Å². The number of hydrogen-bond donors (Lipinski definition) is 1. The van der Waals surface area contributed by atoms with Crippen molar-refractivity contribution < 1.29 is 27.5 Å². The van der Waals surface area contributed by atoms with Gasteiger partial charge >= 0.3 is 6.18 Å². The van der Waals surface area contributed by atoms with Crippen molar-refractivity contribution in [2.45, 2.75) is 13.1 Å². The van der Waals surface area contributed by atoms with Crippen LogP contribution in [-0.4, -0.2) is 47.6 Å². The molecule has 0 radical (unpaired) electrons. The standard InChI is InChI=1S/C18H16Cl2F3N3O3/c1-2-26(9-14(27)25-16-12(19)4-3-5-13(16)20)17(28)11-6-7-15(24-8-11)29-10-18(21,22)23/h3-8H,2,9-10H2,1H3,(H,25,27). The molecule has 0 saturated carbocycles. The van der Waals surface area contributed by atoms with Crippen LogP contribution in [0.1, 0.15) is 17.3 Å². The van der Waals surface area contributed by atoms with Gasteiger partial charge in [0.15, 0.2) is 6.61 Å². The van der Waals surface area contributed by atoms with Gasteiger partial charge in [0.25, 0.3) is 5.91 Å². The zero-order valence-electron chi connectivity index (χ0n) is 15.1. The van der Waals surface area contributed by atoms with Crippen LogP contribution in [0.5, 0.6) is 5.88 Å². The van der Waals surface area contributed by atoms with Crippen molar-refractivity contribution in [2.75, 3.05) is 25.0 Å². The number of nitrogens with one attached hydrogen (secondary N) is 1. The van der Waals surface area contributed by atoms with Gasteiger partial charge in [-0.15, -0.1) is 0 Å². The van der Waals surface area contributed by atoms with Crippen LogP contribution in [0.25, 0.3) is 0 Å². The third-order valence-electron chi connectivity index (χ3n) is 3.60. The number of hydrogen-bond acceptors (Lipinski definition) is 4. The van der Waals surface area contributed by atoms with Crippen molar-refractivity contribution >= 4 is 40.7 Å². The number of amides is 2. The van der Waals surface area contributed by atoms with Crippen LogP contribution in [0.4, 0.5) is 18.9 Å². The fourth-order valence-corrected chi connectivity index (χ4v) is 2.72. The Labute approximate surface area is 174 Å². The second-order valence-corrected chi connectivity index (χ2v) is 6.57. The quantitative estimate of drug-likeness (QED) is 0.678. The van der Waals surface area contributed by atoms with Crippen LogP contribution >= 0.6 is 23.2 Å². The summed E-state index contributed by atoms with van der Waals surface area (Å²) in [6, 6.07) is 7.15. The molecular weight excluding hydrogens is 434 g/mol. The molecule has 0 spiro atoms. The molecule has 2 aromatic rings. The van der Waals surface area contributed by atoms with E-state index in [4.69, 9.17) is 23.2 Å². The third-order valence-corrected chi connectivity index (χ3v) is 4.23. The lowest BCUT2D eigenvalue weighted by Crippen LogP contribution is -2.38. The largest absolute Gasteiger partial charge is 0.468 e. The fraction of sp³-hybridized carbons (Fsp3) is 0.278. The Balaban J connectivity index is 2.01. The Morgan fingerprint density at radius 1 is 1.17 bits per heavy atom. The highest BCUT2D eigenvalue weighted by molar-refractivity contribution is 6.39. The smallest absolute Gasteiger partial charge is 0.422 e. The van der Waals surface area contributed by atoms with Crippen LogP contribution in [0, 0.1) is 0 Å². The maximum atomic E-state index is 12.6. The van der Waals surface area contributed by atoms with Gasteiger partial charge in [-0.25, -0.2) is 4.98 Å². The zero-order valence-corrected chi connectivity index (χ0v) is 16.6. The number of carbonyl (C=O) groups excluding carboxylic acids is 2. The van der Waals surface area contributed by atoms with Crippen LogP contribution in [0.15, 0.2) is 36.5 Å². The van der Waals surface area contributed by atoms with Gasteiger partial charge in [-0.1, -0.05) is 29.3 Å². The molecular formula is C18H16Cl2F3N3O3. The molecule has 0 aliphatic carbocycles. The van der Waals surface area contributed by atoms with Crippen molar-refractivity contribution in [1.82, 2.24) is 9.88 Å². The highest BCUT2D eigenvalue weighted by Crippen LogP contribution is 2.29. The van der Waals surface area contributed by atoms with E-state index >= 15 is 0 Å². The molecule has 2 rings (SSSR count). The van der Waals surface area contributed by atoms with Gasteiger partial charge in [-0.2, -0.15) is 13.2 Å². The van der Waals surface area contributed by atoms with Crippen molar-refractivity contribution in [1.29, 1.82) is 0 Å². The maximum absolute atomic E-state index is 12.6. The molecule has 0 saturated heterocycles. The van der Waals surface area contributed by atoms with Crippen molar-refractivity contribution in [3.8, 4) is 5.88 Å². The van der Waals surface area contributed by atoms with Gasteiger partial charge in [0, 0.05) is 18.8 Å². The van der Waals surface area contributed by atoms with E-state index in [1.165, 1.54) is 11.0 Å². The molecule has 0 aliphatic heterocycles. The van der Waals surface area contributed by atoms with Gasteiger partial charge in [-0.3, -0.25) is 9.59 Å². The van der Waals surface area contributed by atoms with Crippen molar-refractivity contribution in [3.05, 3.63) is 52.1 Å². The Kier molecular flexibility index (Phi) is 7.69. The maximum Gasteiger partial charge on any atom is 0.422 e. The predicted octanol–water partition coefficient (Wildman–Crippen LogP) is 4.43. The first-order chi connectivity index (χ1) is 13.6. The number of pyridine rings is 1. The van der Waals surface area contributed by atoms with E-state index in [1.807, 2.05) is 0 Å². The zero-order chi connectivity index (χ0) is 21.6. The second kappa shape index (κ2) is 9.80. The summed E-state index contributed by atoms with van der Waals surface area (Å²) in [5.74, 6) is -1.32. The number of para-hydroxylation sites is 1. The molecule has 1 aromatic heterocycles. The summed E-state index contributed by atoms with van der Waals surface area (Å²) in [5.41, 5.74) is 0.326. The number of alkyl halides is 3. The normalized spacial score (nSPS) is 11.1. The molecule has 0 bridgehead atoms. The summed E-state index contributed by atoms with van der Waals surface area (Å²) in [5, 5.41) is 3.05. The molecule has 0 fully saturated rings. The van der Waals surface area contributed by atoms with E-state index in [1.54, 1.807) is 25.1 Å². The number of likely N-dealkylation sites (N-methyl/N-ethyl adjacent to an activating group) is 1. The van der Waals surface area contributed by atoms with Crippen LogP contribution in [0.3, 0.4) is 0 Å².